The van der Waals surface area contributed by atoms with Crippen LogP contribution in [0, 0.1) is 0 Å². The first-order valence-electron chi connectivity index (χ1n) is 7.73. The average molecular weight is 362 g/mol. The fraction of sp³-hybridized carbons (Fsp3) is 0.812. The second-order valence-corrected chi connectivity index (χ2v) is 8.00. The van der Waals surface area contributed by atoms with Gasteiger partial charge in [-0.05, 0) is 60.7 Å². The summed E-state index contributed by atoms with van der Waals surface area (Å²) in [5, 5.41) is 0.259. The molecular formula is C16H30N2O5S. The van der Waals surface area contributed by atoms with Crippen LogP contribution in [0.25, 0.3) is 0 Å². The number of carbonyl (C=O) groups is 2. The Morgan fingerprint density at radius 1 is 0.958 bits per heavy atom. The van der Waals surface area contributed by atoms with E-state index < -0.39 is 29.4 Å². The molecule has 7 nitrogen and oxygen atoms in total. The van der Waals surface area contributed by atoms with Gasteiger partial charge in [-0.1, -0.05) is 0 Å². The van der Waals surface area contributed by atoms with Gasteiger partial charge in [0.1, 0.15) is 17.8 Å². The van der Waals surface area contributed by atoms with Crippen molar-refractivity contribution in [1.29, 1.82) is 0 Å². The molecule has 1 atom stereocenters. The SMILES string of the molecule is C[C@H](COC(=S)N(C)C)N(C(=O)OC(C)(C)C)C(=O)OC(C)(C)C. The summed E-state index contributed by atoms with van der Waals surface area (Å²) in [6, 6.07) is -0.618. The van der Waals surface area contributed by atoms with Gasteiger partial charge in [-0.15, -0.1) is 0 Å². The highest BCUT2D eigenvalue weighted by Crippen LogP contribution is 2.17. The minimum Gasteiger partial charge on any atom is -0.469 e. The van der Waals surface area contributed by atoms with Gasteiger partial charge in [0.2, 0.25) is 0 Å². The molecule has 24 heavy (non-hydrogen) atoms. The Labute approximate surface area is 150 Å². The summed E-state index contributed by atoms with van der Waals surface area (Å²) in [7, 11) is 3.49. The van der Waals surface area contributed by atoms with Gasteiger partial charge in [-0.25, -0.2) is 14.5 Å². The van der Waals surface area contributed by atoms with E-state index in [9.17, 15) is 9.59 Å². The van der Waals surface area contributed by atoms with Gasteiger partial charge >= 0.3 is 12.2 Å². The summed E-state index contributed by atoms with van der Waals surface area (Å²) in [4.78, 5) is 27.4. The molecule has 0 saturated carbocycles. The second-order valence-electron chi connectivity index (χ2n) is 7.65. The summed E-state index contributed by atoms with van der Waals surface area (Å²) in [5.74, 6) is 0. The van der Waals surface area contributed by atoms with Crippen molar-refractivity contribution in [3.8, 4) is 0 Å². The van der Waals surface area contributed by atoms with E-state index >= 15 is 0 Å². The molecule has 0 bridgehead atoms. The quantitative estimate of drug-likeness (QED) is 0.713. The highest BCUT2D eigenvalue weighted by Gasteiger charge is 2.35. The number of hydrogen-bond donors (Lipinski definition) is 0. The summed E-state index contributed by atoms with van der Waals surface area (Å²) < 4.78 is 16.0. The van der Waals surface area contributed by atoms with Crippen LogP contribution < -0.4 is 0 Å². The molecule has 0 aromatic rings. The van der Waals surface area contributed by atoms with E-state index in [-0.39, 0.29) is 11.8 Å². The first-order valence-corrected chi connectivity index (χ1v) is 8.14. The van der Waals surface area contributed by atoms with Gasteiger partial charge in [0.05, 0.1) is 6.04 Å². The molecule has 0 spiro atoms. The Balaban J connectivity index is 5.20. The second kappa shape index (κ2) is 8.50. The normalized spacial score (nSPS) is 12.9. The molecule has 0 N–H and O–H groups in total. The first kappa shape index (κ1) is 22.4. The van der Waals surface area contributed by atoms with Crippen LogP contribution in [0.2, 0.25) is 0 Å². The molecule has 2 amide bonds. The topological polar surface area (TPSA) is 68.3 Å². The third-order valence-corrected chi connectivity index (χ3v) is 2.92. The Kier molecular flexibility index (Phi) is 7.95. The van der Waals surface area contributed by atoms with Crippen molar-refractivity contribution in [3.63, 3.8) is 0 Å². The van der Waals surface area contributed by atoms with Crippen LogP contribution in [-0.4, -0.2) is 65.1 Å². The van der Waals surface area contributed by atoms with Crippen LogP contribution in [0.1, 0.15) is 48.5 Å². The smallest absolute Gasteiger partial charge is 0.420 e. The van der Waals surface area contributed by atoms with Gasteiger partial charge in [-0.2, -0.15) is 0 Å². The highest BCUT2D eigenvalue weighted by atomic mass is 32.1. The van der Waals surface area contributed by atoms with Crippen molar-refractivity contribution < 1.29 is 23.8 Å². The predicted molar refractivity (Wildman–Crippen MR) is 96.0 cm³/mol. The van der Waals surface area contributed by atoms with E-state index in [1.807, 2.05) is 0 Å². The third kappa shape index (κ3) is 8.90. The molecule has 0 aromatic heterocycles. The Morgan fingerprint density at radius 2 is 1.33 bits per heavy atom. The molecule has 0 aromatic carbocycles. The highest BCUT2D eigenvalue weighted by molar-refractivity contribution is 7.80. The van der Waals surface area contributed by atoms with E-state index in [1.165, 1.54) is 0 Å². The van der Waals surface area contributed by atoms with Crippen LogP contribution >= 0.6 is 12.2 Å². The van der Waals surface area contributed by atoms with E-state index in [1.54, 1.807) is 67.5 Å². The van der Waals surface area contributed by atoms with Crippen LogP contribution in [0.3, 0.4) is 0 Å². The fourth-order valence-electron chi connectivity index (χ4n) is 1.45. The molecule has 0 rings (SSSR count). The first-order chi connectivity index (χ1) is 10.6. The van der Waals surface area contributed by atoms with Gasteiger partial charge in [0.25, 0.3) is 5.17 Å². The van der Waals surface area contributed by atoms with Crippen molar-refractivity contribution in [2.45, 2.75) is 65.7 Å². The Hall–Kier alpha value is -1.57. The van der Waals surface area contributed by atoms with E-state index in [2.05, 4.69) is 0 Å². The lowest BCUT2D eigenvalue weighted by molar-refractivity contribution is -0.0105. The number of nitrogens with zero attached hydrogens (tertiary/aromatic N) is 2. The maximum atomic E-state index is 12.4. The molecular weight excluding hydrogens is 332 g/mol. The van der Waals surface area contributed by atoms with Gasteiger partial charge in [0, 0.05) is 14.1 Å². The number of amides is 2. The largest absolute Gasteiger partial charge is 0.469 e. The van der Waals surface area contributed by atoms with Crippen molar-refractivity contribution in [3.05, 3.63) is 0 Å². The summed E-state index contributed by atoms with van der Waals surface area (Å²) in [6.45, 7) is 12.0. The minimum atomic E-state index is -0.788. The predicted octanol–water partition coefficient (Wildman–Crippen LogP) is 3.41. The zero-order valence-electron chi connectivity index (χ0n) is 16.1. The maximum absolute atomic E-state index is 12.4. The molecule has 0 unspecified atom stereocenters. The molecule has 0 saturated heterocycles. The summed E-state index contributed by atoms with van der Waals surface area (Å²) >= 11 is 5.04. The average Bonchev–Trinajstić information content (AvgIpc) is 2.31. The van der Waals surface area contributed by atoms with Crippen LogP contribution in [0.5, 0.6) is 0 Å². The van der Waals surface area contributed by atoms with Crippen LogP contribution in [-0.2, 0) is 14.2 Å². The van der Waals surface area contributed by atoms with Gasteiger partial charge in [-0.3, -0.25) is 0 Å². The standard InChI is InChI=1S/C16H30N2O5S/c1-11(10-21-14(24)17(8)9)18(12(19)22-15(2,3)4)13(20)23-16(5,6)7/h11H,10H2,1-9H3/t11-/m1/s1. The van der Waals surface area contributed by atoms with Crippen molar-refractivity contribution in [2.24, 2.45) is 0 Å². The molecule has 0 fully saturated rings. The number of hydrogen-bond acceptors (Lipinski definition) is 6. The van der Waals surface area contributed by atoms with Gasteiger partial charge in [0.15, 0.2) is 0 Å². The number of thiocarbonyl (C=S) groups is 1. The van der Waals surface area contributed by atoms with Crippen molar-refractivity contribution in [2.75, 3.05) is 20.7 Å². The van der Waals surface area contributed by atoms with Crippen molar-refractivity contribution in [1.82, 2.24) is 9.80 Å². The molecule has 0 radical (unpaired) electrons. The lowest BCUT2D eigenvalue weighted by atomic mass is 10.2. The van der Waals surface area contributed by atoms with E-state index in [0.29, 0.717) is 0 Å². The zero-order chi connectivity index (χ0) is 19.3. The lowest BCUT2D eigenvalue weighted by Gasteiger charge is -2.32. The summed E-state index contributed by atoms with van der Waals surface area (Å²) in [5.41, 5.74) is -1.48. The number of ether oxygens (including phenoxy) is 3. The molecule has 8 heteroatoms. The molecule has 0 aliphatic carbocycles. The fourth-order valence-corrected chi connectivity index (χ4v) is 1.52. The lowest BCUT2D eigenvalue weighted by Crippen LogP contribution is -2.49. The molecule has 0 heterocycles. The summed E-state index contributed by atoms with van der Waals surface area (Å²) in [6.07, 6.45) is -1.58. The Bertz CT molecular complexity index is 438. The van der Waals surface area contributed by atoms with Gasteiger partial charge < -0.3 is 19.1 Å². The number of rotatable bonds is 3. The molecule has 140 valence electrons. The van der Waals surface area contributed by atoms with E-state index in [4.69, 9.17) is 26.4 Å². The van der Waals surface area contributed by atoms with E-state index in [0.717, 1.165) is 4.90 Å². The third-order valence-electron chi connectivity index (χ3n) is 2.43. The Morgan fingerprint density at radius 3 is 1.62 bits per heavy atom. The number of carbonyl (C=O) groups excluding carboxylic acids is 2. The number of imide groups is 1. The monoisotopic (exact) mass is 362 g/mol. The minimum absolute atomic E-state index is 0.0372. The van der Waals surface area contributed by atoms with Crippen molar-refractivity contribution >= 4 is 29.6 Å². The zero-order valence-corrected chi connectivity index (χ0v) is 16.9. The molecule has 0 aliphatic rings. The molecule has 0 aliphatic heterocycles. The maximum Gasteiger partial charge on any atom is 0.420 e. The van der Waals surface area contributed by atoms with Crippen LogP contribution in [0.4, 0.5) is 9.59 Å². The van der Waals surface area contributed by atoms with Crippen LogP contribution in [0.15, 0.2) is 0 Å².